The lowest BCUT2D eigenvalue weighted by Crippen LogP contribution is -2.41. The zero-order valence-corrected chi connectivity index (χ0v) is 28.2. The molecule has 0 atom stereocenters. The second-order valence-electron chi connectivity index (χ2n) is 12.6. The molecule has 0 radical (unpaired) electrons. The van der Waals surface area contributed by atoms with Gasteiger partial charge in [-0.15, -0.1) is 0 Å². The Labute approximate surface area is 264 Å². The number of pyridine rings is 1. The van der Waals surface area contributed by atoms with Crippen molar-refractivity contribution in [3.8, 4) is 5.88 Å². The summed E-state index contributed by atoms with van der Waals surface area (Å²) in [5.74, 6) is 0.458. The van der Waals surface area contributed by atoms with Gasteiger partial charge in [-0.1, -0.05) is 64.0 Å². The molecule has 5 rings (SSSR count). The Hall–Kier alpha value is -3.48. The smallest absolute Gasteiger partial charge is 0.325 e. The number of aromatic nitrogens is 1. The van der Waals surface area contributed by atoms with E-state index in [0.717, 1.165) is 79.5 Å². The maximum Gasteiger partial charge on any atom is 0.325 e. The summed E-state index contributed by atoms with van der Waals surface area (Å²) in [6.07, 6.45) is 12.4. The maximum absolute atomic E-state index is 12.4. The van der Waals surface area contributed by atoms with Crippen molar-refractivity contribution in [1.82, 2.24) is 10.3 Å². The fourth-order valence-electron chi connectivity index (χ4n) is 6.00. The number of nitrogens with one attached hydrogen (secondary N) is 1. The fraction of sp³-hybridized carbons (Fsp3) is 0.568. The number of fused-ring (bicyclic) bond motifs is 1. The Kier molecular flexibility index (Phi) is 12.7. The van der Waals surface area contributed by atoms with Crippen molar-refractivity contribution in [2.75, 3.05) is 6.54 Å². The Balaban J connectivity index is 0.000000997. The Morgan fingerprint density at radius 2 is 1.64 bits per heavy atom. The highest BCUT2D eigenvalue weighted by Crippen LogP contribution is 2.39. The molecule has 3 aliphatic rings. The molecule has 240 valence electrons. The molecule has 1 aliphatic heterocycles. The molecule has 0 unspecified atom stereocenters. The molecule has 1 aromatic carbocycles. The first-order valence-electron chi connectivity index (χ1n) is 16.6. The molecule has 7 nitrogen and oxygen atoms in total. The molecule has 0 spiro atoms. The summed E-state index contributed by atoms with van der Waals surface area (Å²) >= 11 is 0. The number of carbonyl (C=O) groups excluding carboxylic acids is 2. The third-order valence-corrected chi connectivity index (χ3v) is 8.29. The molecular formula is C37H53N3O4. The molecule has 2 fully saturated rings. The first kappa shape index (κ1) is 35.0. The molecule has 2 heterocycles. The van der Waals surface area contributed by atoms with E-state index >= 15 is 0 Å². The standard InChI is InChI=1S/C32H39N3O4.C3H8.C2H6/c1-21-15-18-33-30-28(21)35-29(31(2,3)39-30)25-13-11-24(12-14-25)23-9-7-22(8-10-23)19-26(36)34-20-27(37)38-32(4)16-5-6-17-32;1-3-2;1-2/h11-15,18-19,23H,5-10,16-17,20H2,1-4H3,(H,34,36);3H2,1-2H3;1-2H3. The molecular weight excluding hydrogens is 550 g/mol. The van der Waals surface area contributed by atoms with Crippen LogP contribution in [0.2, 0.25) is 0 Å². The van der Waals surface area contributed by atoms with Gasteiger partial charge >= 0.3 is 5.97 Å². The number of aliphatic imine (C=N–C) groups is 1. The number of aryl methyl sites for hydroxylation is 1. The Morgan fingerprint density at radius 1 is 1.02 bits per heavy atom. The van der Waals surface area contributed by atoms with E-state index in [0.29, 0.717) is 11.8 Å². The van der Waals surface area contributed by atoms with Crippen molar-refractivity contribution in [2.24, 2.45) is 4.99 Å². The van der Waals surface area contributed by atoms with E-state index in [1.807, 2.05) is 47.6 Å². The van der Waals surface area contributed by atoms with Gasteiger partial charge in [0, 0.05) is 17.8 Å². The number of esters is 1. The highest BCUT2D eigenvalue weighted by atomic mass is 16.6. The van der Waals surface area contributed by atoms with Crippen LogP contribution in [0.5, 0.6) is 5.88 Å². The number of amides is 1. The van der Waals surface area contributed by atoms with Crippen molar-refractivity contribution in [1.29, 1.82) is 0 Å². The zero-order valence-electron chi connectivity index (χ0n) is 28.2. The number of carbonyl (C=O) groups is 2. The van der Waals surface area contributed by atoms with E-state index in [9.17, 15) is 9.59 Å². The number of ether oxygens (including phenoxy) is 2. The number of hydrogen-bond donors (Lipinski definition) is 1. The quantitative estimate of drug-likeness (QED) is 0.263. The SMILES string of the molecule is CC.CCC.Cc1ccnc2c1N=C(c1ccc(C3CCC(=CC(=O)NCC(=O)OC4(C)CCCC4)CC3)cc1)C(C)(C)O2. The van der Waals surface area contributed by atoms with Crippen molar-refractivity contribution in [3.63, 3.8) is 0 Å². The van der Waals surface area contributed by atoms with E-state index in [4.69, 9.17) is 14.5 Å². The predicted octanol–water partition coefficient (Wildman–Crippen LogP) is 8.70. The van der Waals surface area contributed by atoms with Crippen LogP contribution in [-0.4, -0.2) is 40.3 Å². The molecule has 0 bridgehead atoms. The third-order valence-electron chi connectivity index (χ3n) is 8.29. The Bertz CT molecular complexity index is 1310. The predicted molar refractivity (Wildman–Crippen MR) is 179 cm³/mol. The van der Waals surface area contributed by atoms with Gasteiger partial charge in [0.2, 0.25) is 11.8 Å². The molecule has 1 aromatic heterocycles. The molecule has 1 amide bonds. The third kappa shape index (κ3) is 9.26. The summed E-state index contributed by atoms with van der Waals surface area (Å²) in [5, 5.41) is 2.70. The van der Waals surface area contributed by atoms with Crippen LogP contribution in [0.15, 0.2) is 53.2 Å². The summed E-state index contributed by atoms with van der Waals surface area (Å²) in [5.41, 5.74) is 5.28. The Morgan fingerprint density at radius 3 is 2.25 bits per heavy atom. The maximum atomic E-state index is 12.4. The summed E-state index contributed by atoms with van der Waals surface area (Å²) in [7, 11) is 0. The lowest BCUT2D eigenvalue weighted by Gasteiger charge is -2.32. The van der Waals surface area contributed by atoms with Crippen LogP contribution in [0.1, 0.15) is 129 Å². The van der Waals surface area contributed by atoms with E-state index in [1.165, 1.54) is 12.0 Å². The van der Waals surface area contributed by atoms with Crippen LogP contribution in [0.3, 0.4) is 0 Å². The zero-order chi connectivity index (χ0) is 32.3. The molecule has 2 aromatic rings. The molecule has 1 N–H and O–H groups in total. The van der Waals surface area contributed by atoms with Crippen LogP contribution in [0.4, 0.5) is 5.69 Å². The van der Waals surface area contributed by atoms with Crippen LogP contribution in [0.25, 0.3) is 0 Å². The van der Waals surface area contributed by atoms with Gasteiger partial charge in [-0.05, 0) is 102 Å². The highest BCUT2D eigenvalue weighted by Gasteiger charge is 2.35. The molecule has 2 aliphatic carbocycles. The van der Waals surface area contributed by atoms with Gasteiger partial charge in [-0.3, -0.25) is 9.59 Å². The second kappa shape index (κ2) is 16.0. The summed E-state index contributed by atoms with van der Waals surface area (Å²) in [6, 6.07) is 10.6. The van der Waals surface area contributed by atoms with Gasteiger partial charge < -0.3 is 14.8 Å². The van der Waals surface area contributed by atoms with E-state index in [-0.39, 0.29) is 24.0 Å². The number of rotatable bonds is 6. The number of benzene rings is 1. The molecule has 7 heteroatoms. The monoisotopic (exact) mass is 603 g/mol. The highest BCUT2D eigenvalue weighted by molar-refractivity contribution is 6.09. The van der Waals surface area contributed by atoms with Crippen molar-refractivity contribution in [2.45, 2.75) is 130 Å². The number of allylic oxidation sites excluding steroid dienone is 1. The van der Waals surface area contributed by atoms with Crippen molar-refractivity contribution in [3.05, 3.63) is 64.9 Å². The normalized spacial score (nSPS) is 19.4. The molecule has 44 heavy (non-hydrogen) atoms. The number of nitrogens with zero attached hydrogens (tertiary/aromatic N) is 2. The average Bonchev–Trinajstić information content (AvgIpc) is 3.43. The lowest BCUT2D eigenvalue weighted by molar-refractivity contribution is -0.156. The van der Waals surface area contributed by atoms with Crippen LogP contribution in [-0.2, 0) is 14.3 Å². The van der Waals surface area contributed by atoms with Crippen molar-refractivity contribution >= 4 is 23.3 Å². The fourth-order valence-corrected chi connectivity index (χ4v) is 6.00. The van der Waals surface area contributed by atoms with Crippen LogP contribution >= 0.6 is 0 Å². The molecule has 2 saturated carbocycles. The minimum absolute atomic E-state index is 0.0814. The van der Waals surface area contributed by atoms with Gasteiger partial charge in [0.25, 0.3) is 0 Å². The van der Waals surface area contributed by atoms with E-state index < -0.39 is 5.60 Å². The second-order valence-corrected chi connectivity index (χ2v) is 12.6. The van der Waals surface area contributed by atoms with Gasteiger partial charge in [0.15, 0.2) is 0 Å². The summed E-state index contributed by atoms with van der Waals surface area (Å²) in [6.45, 7) is 16.2. The first-order valence-corrected chi connectivity index (χ1v) is 16.6. The molecule has 0 saturated heterocycles. The van der Waals surface area contributed by atoms with Gasteiger partial charge in [-0.2, -0.15) is 0 Å². The van der Waals surface area contributed by atoms with Gasteiger partial charge in [-0.25, -0.2) is 9.98 Å². The van der Waals surface area contributed by atoms with Crippen LogP contribution in [0, 0.1) is 6.92 Å². The lowest BCUT2D eigenvalue weighted by atomic mass is 9.81. The minimum atomic E-state index is -0.578. The summed E-state index contributed by atoms with van der Waals surface area (Å²) < 4.78 is 11.8. The van der Waals surface area contributed by atoms with Gasteiger partial charge in [0.05, 0.1) is 5.71 Å². The van der Waals surface area contributed by atoms with E-state index in [2.05, 4.69) is 48.4 Å². The number of hydrogen-bond acceptors (Lipinski definition) is 6. The average molecular weight is 604 g/mol. The largest absolute Gasteiger partial charge is 0.464 e. The topological polar surface area (TPSA) is 89.9 Å². The van der Waals surface area contributed by atoms with Crippen LogP contribution < -0.4 is 10.1 Å². The minimum Gasteiger partial charge on any atom is -0.464 e. The summed E-state index contributed by atoms with van der Waals surface area (Å²) in [4.78, 5) is 33.9. The first-order chi connectivity index (χ1) is 21.0. The van der Waals surface area contributed by atoms with E-state index in [1.54, 1.807) is 12.3 Å². The van der Waals surface area contributed by atoms with Crippen molar-refractivity contribution < 1.29 is 19.1 Å². The van der Waals surface area contributed by atoms with Gasteiger partial charge in [0.1, 0.15) is 23.4 Å².